The monoisotopic (exact) mass is 289 g/mol. The molecule has 0 fully saturated rings. The molecule has 21 heavy (non-hydrogen) atoms. The Balaban J connectivity index is 2.12. The summed E-state index contributed by atoms with van der Waals surface area (Å²) in [6, 6.07) is 9.90. The lowest BCUT2D eigenvalue weighted by molar-refractivity contribution is 0.188. The zero-order valence-electron chi connectivity index (χ0n) is 12.9. The molecule has 0 aliphatic heterocycles. The number of nitrogens with two attached hydrogens (primary N) is 1. The fraction of sp³-hybridized carbons (Fsp3) is 0.500. The summed E-state index contributed by atoms with van der Waals surface area (Å²) in [6.07, 6.45) is 1.64. The standard InChI is InChI=1S/C16H23N3O2/c1-16(2,12-8-5-4-6-9-12)15-18-14(21-19-15)13(17)10-7-11-20-3/h4-6,8-9,13H,7,10-11,17H2,1-3H3. The molecule has 0 saturated carbocycles. The minimum atomic E-state index is -0.310. The Bertz CT molecular complexity index is 552. The molecule has 2 rings (SSSR count). The first kappa shape index (κ1) is 15.7. The zero-order chi connectivity index (χ0) is 15.3. The van der Waals surface area contributed by atoms with E-state index in [2.05, 4.69) is 36.1 Å². The fourth-order valence-electron chi connectivity index (χ4n) is 2.19. The molecule has 1 unspecified atom stereocenters. The van der Waals surface area contributed by atoms with E-state index in [9.17, 15) is 0 Å². The molecule has 5 heteroatoms. The first-order valence-electron chi connectivity index (χ1n) is 7.20. The van der Waals surface area contributed by atoms with Gasteiger partial charge in [-0.15, -0.1) is 0 Å². The molecule has 0 bridgehead atoms. The van der Waals surface area contributed by atoms with Crippen LogP contribution in [0, 0.1) is 0 Å². The van der Waals surface area contributed by atoms with Gasteiger partial charge < -0.3 is 15.0 Å². The summed E-state index contributed by atoms with van der Waals surface area (Å²) in [4.78, 5) is 4.49. The Morgan fingerprint density at radius 1 is 1.29 bits per heavy atom. The van der Waals surface area contributed by atoms with E-state index in [1.807, 2.05) is 18.2 Å². The van der Waals surface area contributed by atoms with Crippen molar-refractivity contribution < 1.29 is 9.26 Å². The molecule has 0 aliphatic carbocycles. The second kappa shape index (κ2) is 6.83. The maximum Gasteiger partial charge on any atom is 0.243 e. The minimum Gasteiger partial charge on any atom is -0.385 e. The van der Waals surface area contributed by atoms with Gasteiger partial charge in [0, 0.05) is 13.7 Å². The lowest BCUT2D eigenvalue weighted by atomic mass is 9.84. The third-order valence-electron chi connectivity index (χ3n) is 3.68. The summed E-state index contributed by atoms with van der Waals surface area (Å²) in [5.74, 6) is 1.15. The van der Waals surface area contributed by atoms with Crippen LogP contribution >= 0.6 is 0 Å². The number of benzene rings is 1. The summed E-state index contributed by atoms with van der Waals surface area (Å²) in [5.41, 5.74) is 6.91. The normalized spacial score (nSPS) is 13.3. The number of ether oxygens (including phenoxy) is 1. The highest BCUT2D eigenvalue weighted by Crippen LogP contribution is 2.29. The van der Waals surface area contributed by atoms with Gasteiger partial charge in [-0.3, -0.25) is 0 Å². The molecule has 5 nitrogen and oxygen atoms in total. The second-order valence-electron chi connectivity index (χ2n) is 5.69. The molecule has 0 aliphatic rings. The quantitative estimate of drug-likeness (QED) is 0.793. The van der Waals surface area contributed by atoms with Gasteiger partial charge in [0.1, 0.15) is 0 Å². The molecular formula is C16H23N3O2. The van der Waals surface area contributed by atoms with Crippen LogP contribution in [-0.4, -0.2) is 23.9 Å². The minimum absolute atomic E-state index is 0.243. The highest BCUT2D eigenvalue weighted by atomic mass is 16.5. The molecule has 0 saturated heterocycles. The lowest BCUT2D eigenvalue weighted by Gasteiger charge is -2.20. The van der Waals surface area contributed by atoms with Crippen LogP contribution in [0.1, 0.15) is 50.0 Å². The van der Waals surface area contributed by atoms with E-state index in [0.29, 0.717) is 18.3 Å². The number of nitrogens with zero attached hydrogens (tertiary/aromatic N) is 2. The van der Waals surface area contributed by atoms with Crippen LogP contribution in [-0.2, 0) is 10.2 Å². The van der Waals surface area contributed by atoms with Gasteiger partial charge in [0.25, 0.3) is 0 Å². The largest absolute Gasteiger partial charge is 0.385 e. The van der Waals surface area contributed by atoms with E-state index in [1.165, 1.54) is 0 Å². The van der Waals surface area contributed by atoms with Crippen molar-refractivity contribution in [2.75, 3.05) is 13.7 Å². The van der Waals surface area contributed by atoms with Crippen LogP contribution in [0.3, 0.4) is 0 Å². The number of hydrogen-bond donors (Lipinski definition) is 1. The molecule has 1 heterocycles. The van der Waals surface area contributed by atoms with Crippen LogP contribution in [0.2, 0.25) is 0 Å². The van der Waals surface area contributed by atoms with Gasteiger partial charge in [0.05, 0.1) is 11.5 Å². The Hall–Kier alpha value is -1.72. The third-order valence-corrected chi connectivity index (χ3v) is 3.68. The van der Waals surface area contributed by atoms with E-state index in [-0.39, 0.29) is 11.5 Å². The zero-order valence-corrected chi connectivity index (χ0v) is 12.9. The molecule has 0 radical (unpaired) electrons. The van der Waals surface area contributed by atoms with E-state index < -0.39 is 0 Å². The van der Waals surface area contributed by atoms with Gasteiger partial charge in [-0.25, -0.2) is 0 Å². The van der Waals surface area contributed by atoms with E-state index >= 15 is 0 Å². The predicted octanol–water partition coefficient (Wildman–Crippen LogP) is 2.82. The van der Waals surface area contributed by atoms with Gasteiger partial charge in [-0.05, 0) is 32.3 Å². The molecular weight excluding hydrogens is 266 g/mol. The summed E-state index contributed by atoms with van der Waals surface area (Å²) in [6.45, 7) is 4.84. The maximum atomic E-state index is 6.08. The number of rotatable bonds is 7. The molecule has 1 aromatic heterocycles. The van der Waals surface area contributed by atoms with Crippen molar-refractivity contribution in [2.45, 2.75) is 38.1 Å². The van der Waals surface area contributed by atoms with Gasteiger partial charge in [-0.1, -0.05) is 35.5 Å². The maximum absolute atomic E-state index is 6.08. The van der Waals surface area contributed by atoms with Crippen LogP contribution < -0.4 is 5.73 Å². The average Bonchev–Trinajstić information content (AvgIpc) is 2.99. The Morgan fingerprint density at radius 3 is 2.67 bits per heavy atom. The van der Waals surface area contributed by atoms with E-state index in [4.69, 9.17) is 15.0 Å². The van der Waals surface area contributed by atoms with Crippen molar-refractivity contribution in [3.63, 3.8) is 0 Å². The summed E-state index contributed by atoms with van der Waals surface area (Å²) in [5, 5.41) is 4.12. The molecule has 0 spiro atoms. The van der Waals surface area contributed by atoms with Gasteiger partial charge >= 0.3 is 0 Å². The van der Waals surface area contributed by atoms with Crippen molar-refractivity contribution in [2.24, 2.45) is 5.73 Å². The number of aromatic nitrogens is 2. The summed E-state index contributed by atoms with van der Waals surface area (Å²) < 4.78 is 10.4. The van der Waals surface area contributed by atoms with Crippen LogP contribution in [0.25, 0.3) is 0 Å². The smallest absolute Gasteiger partial charge is 0.243 e. The molecule has 2 N–H and O–H groups in total. The van der Waals surface area contributed by atoms with Crippen LogP contribution in [0.4, 0.5) is 0 Å². The van der Waals surface area contributed by atoms with Crippen LogP contribution in [0.15, 0.2) is 34.9 Å². The van der Waals surface area contributed by atoms with E-state index in [1.54, 1.807) is 7.11 Å². The Labute approximate surface area is 125 Å². The predicted molar refractivity (Wildman–Crippen MR) is 80.9 cm³/mol. The summed E-state index contributed by atoms with van der Waals surface area (Å²) >= 11 is 0. The fourth-order valence-corrected chi connectivity index (χ4v) is 2.19. The SMILES string of the molecule is COCCCC(N)c1nc(C(C)(C)c2ccccc2)no1. The van der Waals surface area contributed by atoms with Crippen molar-refractivity contribution in [1.29, 1.82) is 0 Å². The molecule has 1 atom stereocenters. The van der Waals surface area contributed by atoms with Gasteiger partial charge in [-0.2, -0.15) is 4.98 Å². The highest BCUT2D eigenvalue weighted by Gasteiger charge is 2.29. The molecule has 0 amide bonds. The topological polar surface area (TPSA) is 74.2 Å². The highest BCUT2D eigenvalue weighted by molar-refractivity contribution is 5.30. The number of methoxy groups -OCH3 is 1. The Kier molecular flexibility index (Phi) is 5.09. The average molecular weight is 289 g/mol. The van der Waals surface area contributed by atoms with Gasteiger partial charge in [0.2, 0.25) is 5.89 Å². The molecule has 114 valence electrons. The first-order chi connectivity index (χ1) is 10.1. The van der Waals surface area contributed by atoms with E-state index in [0.717, 1.165) is 18.4 Å². The van der Waals surface area contributed by atoms with Crippen molar-refractivity contribution in [3.8, 4) is 0 Å². The Morgan fingerprint density at radius 2 is 2.00 bits per heavy atom. The van der Waals surface area contributed by atoms with Crippen molar-refractivity contribution in [3.05, 3.63) is 47.6 Å². The van der Waals surface area contributed by atoms with Crippen molar-refractivity contribution in [1.82, 2.24) is 10.1 Å². The van der Waals surface area contributed by atoms with Crippen molar-refractivity contribution >= 4 is 0 Å². The lowest BCUT2D eigenvalue weighted by Crippen LogP contribution is -2.21. The van der Waals surface area contributed by atoms with Crippen LogP contribution in [0.5, 0.6) is 0 Å². The second-order valence-corrected chi connectivity index (χ2v) is 5.69. The van der Waals surface area contributed by atoms with Gasteiger partial charge in [0.15, 0.2) is 5.82 Å². The first-order valence-corrected chi connectivity index (χ1v) is 7.20. The molecule has 1 aromatic carbocycles. The molecule has 2 aromatic rings. The summed E-state index contributed by atoms with van der Waals surface area (Å²) in [7, 11) is 1.68. The third kappa shape index (κ3) is 3.68. The number of hydrogen-bond acceptors (Lipinski definition) is 5.